The number of aromatic nitrogens is 1. The average molecular weight is 398 g/mol. The molecule has 29 heavy (non-hydrogen) atoms. The Morgan fingerprint density at radius 3 is 2.76 bits per heavy atom. The van der Waals surface area contributed by atoms with Gasteiger partial charge in [-0.1, -0.05) is 18.2 Å². The van der Waals surface area contributed by atoms with E-state index in [4.69, 9.17) is 5.73 Å². The maximum Gasteiger partial charge on any atom is 0.237 e. The van der Waals surface area contributed by atoms with Crippen molar-refractivity contribution in [3.05, 3.63) is 35.5 Å². The molecule has 1 aromatic heterocycles. The smallest absolute Gasteiger partial charge is 0.237 e. The van der Waals surface area contributed by atoms with E-state index < -0.39 is 0 Å². The third kappa shape index (κ3) is 4.79. The van der Waals surface area contributed by atoms with Crippen LogP contribution in [-0.2, 0) is 22.6 Å². The first kappa shape index (κ1) is 19.9. The summed E-state index contributed by atoms with van der Waals surface area (Å²) >= 11 is 0. The van der Waals surface area contributed by atoms with Crippen molar-refractivity contribution in [2.45, 2.75) is 69.6 Å². The molecule has 2 amide bonds. The molecule has 1 atom stereocenters. The van der Waals surface area contributed by atoms with Crippen LogP contribution in [0.3, 0.4) is 0 Å². The van der Waals surface area contributed by atoms with E-state index in [1.54, 1.807) is 0 Å². The van der Waals surface area contributed by atoms with E-state index in [0.29, 0.717) is 32.4 Å². The van der Waals surface area contributed by atoms with E-state index in [-0.39, 0.29) is 29.9 Å². The number of amides is 2. The molecule has 0 spiro atoms. The SMILES string of the molecule is NC1CCC(NC(=O)CCCNC(=O)C2Cc3c([nH]c4ccccc34)CN2)CC1. The Balaban J connectivity index is 1.19. The number of carbonyl (C=O) groups is 2. The number of hydrogen-bond acceptors (Lipinski definition) is 4. The molecule has 1 fully saturated rings. The predicted molar refractivity (Wildman–Crippen MR) is 113 cm³/mol. The summed E-state index contributed by atoms with van der Waals surface area (Å²) in [6, 6.07) is 8.52. The van der Waals surface area contributed by atoms with Gasteiger partial charge in [-0.2, -0.15) is 0 Å². The number of H-pyrrole nitrogens is 1. The second-order valence-corrected chi connectivity index (χ2v) is 8.34. The lowest BCUT2D eigenvalue weighted by Gasteiger charge is -2.26. The zero-order chi connectivity index (χ0) is 20.2. The van der Waals surface area contributed by atoms with Crippen molar-refractivity contribution in [1.82, 2.24) is 20.9 Å². The van der Waals surface area contributed by atoms with Crippen molar-refractivity contribution in [2.75, 3.05) is 6.54 Å². The van der Waals surface area contributed by atoms with E-state index in [0.717, 1.165) is 36.9 Å². The fraction of sp³-hybridized carbons (Fsp3) is 0.545. The summed E-state index contributed by atoms with van der Waals surface area (Å²) in [4.78, 5) is 28.1. The molecule has 0 bridgehead atoms. The van der Waals surface area contributed by atoms with Crippen LogP contribution in [0.5, 0.6) is 0 Å². The van der Waals surface area contributed by atoms with Gasteiger partial charge in [-0.3, -0.25) is 14.9 Å². The Morgan fingerprint density at radius 1 is 1.14 bits per heavy atom. The fourth-order valence-electron chi connectivity index (χ4n) is 4.47. The lowest BCUT2D eigenvalue weighted by atomic mass is 9.92. The summed E-state index contributed by atoms with van der Waals surface area (Å²) in [6.45, 7) is 1.18. The maximum atomic E-state index is 12.6. The van der Waals surface area contributed by atoms with Gasteiger partial charge < -0.3 is 21.4 Å². The van der Waals surface area contributed by atoms with Gasteiger partial charge in [0.1, 0.15) is 0 Å². The molecule has 2 heterocycles. The average Bonchev–Trinajstić information content (AvgIpc) is 3.10. The van der Waals surface area contributed by atoms with Crippen LogP contribution in [-0.4, -0.2) is 41.5 Å². The molecule has 2 aromatic rings. The molecule has 156 valence electrons. The molecule has 1 saturated carbocycles. The Morgan fingerprint density at radius 2 is 1.93 bits per heavy atom. The molecule has 1 aliphatic heterocycles. The maximum absolute atomic E-state index is 12.6. The molecule has 0 radical (unpaired) electrons. The molecule has 1 aliphatic carbocycles. The van der Waals surface area contributed by atoms with E-state index in [2.05, 4.69) is 33.1 Å². The minimum absolute atomic E-state index is 0.00241. The van der Waals surface area contributed by atoms with Crippen LogP contribution in [0.1, 0.15) is 49.8 Å². The number of hydrogen-bond donors (Lipinski definition) is 5. The summed E-state index contributed by atoms with van der Waals surface area (Å²) in [7, 11) is 0. The summed E-state index contributed by atoms with van der Waals surface area (Å²) in [5.41, 5.74) is 9.41. The van der Waals surface area contributed by atoms with Crippen molar-refractivity contribution in [1.29, 1.82) is 0 Å². The van der Waals surface area contributed by atoms with E-state index >= 15 is 0 Å². The van der Waals surface area contributed by atoms with Crippen LogP contribution in [0.4, 0.5) is 0 Å². The number of aromatic amines is 1. The van der Waals surface area contributed by atoms with Gasteiger partial charge in [-0.05, 0) is 50.2 Å². The van der Waals surface area contributed by atoms with Gasteiger partial charge in [0.05, 0.1) is 6.04 Å². The topological polar surface area (TPSA) is 112 Å². The van der Waals surface area contributed by atoms with Gasteiger partial charge in [-0.25, -0.2) is 0 Å². The summed E-state index contributed by atoms with van der Waals surface area (Å²) in [5, 5.41) is 10.6. The second kappa shape index (κ2) is 8.97. The lowest BCUT2D eigenvalue weighted by Crippen LogP contribution is -2.47. The summed E-state index contributed by atoms with van der Waals surface area (Å²) in [5.74, 6) is 0.0709. The molecular weight excluding hydrogens is 366 g/mol. The highest BCUT2D eigenvalue weighted by Crippen LogP contribution is 2.26. The van der Waals surface area contributed by atoms with Crippen molar-refractivity contribution < 1.29 is 9.59 Å². The number of carbonyl (C=O) groups excluding carboxylic acids is 2. The monoisotopic (exact) mass is 397 g/mol. The van der Waals surface area contributed by atoms with E-state index in [1.165, 1.54) is 10.9 Å². The minimum atomic E-state index is -0.234. The van der Waals surface area contributed by atoms with Gasteiger partial charge >= 0.3 is 0 Å². The molecule has 0 saturated heterocycles. The Labute approximate surface area is 171 Å². The predicted octanol–water partition coefficient (Wildman–Crippen LogP) is 1.46. The molecular formula is C22H31N5O2. The van der Waals surface area contributed by atoms with Gasteiger partial charge in [0, 0.05) is 48.2 Å². The molecule has 2 aliphatic rings. The number of para-hydroxylation sites is 1. The molecule has 1 aromatic carbocycles. The van der Waals surface area contributed by atoms with Crippen molar-refractivity contribution in [3.63, 3.8) is 0 Å². The fourth-order valence-corrected chi connectivity index (χ4v) is 4.47. The Hall–Kier alpha value is -2.38. The van der Waals surface area contributed by atoms with E-state index in [9.17, 15) is 9.59 Å². The van der Waals surface area contributed by atoms with Gasteiger partial charge in [0.25, 0.3) is 0 Å². The van der Waals surface area contributed by atoms with Gasteiger partial charge in [0.15, 0.2) is 0 Å². The van der Waals surface area contributed by atoms with E-state index in [1.807, 2.05) is 12.1 Å². The van der Waals surface area contributed by atoms with Gasteiger partial charge in [-0.15, -0.1) is 0 Å². The highest BCUT2D eigenvalue weighted by atomic mass is 16.2. The van der Waals surface area contributed by atoms with Gasteiger partial charge in [0.2, 0.25) is 11.8 Å². The molecule has 7 heteroatoms. The van der Waals surface area contributed by atoms with Crippen LogP contribution >= 0.6 is 0 Å². The molecule has 1 unspecified atom stereocenters. The second-order valence-electron chi connectivity index (χ2n) is 8.34. The third-order valence-electron chi connectivity index (χ3n) is 6.17. The first-order valence-electron chi connectivity index (χ1n) is 10.7. The Kier molecular flexibility index (Phi) is 6.16. The van der Waals surface area contributed by atoms with Crippen LogP contribution in [0.15, 0.2) is 24.3 Å². The van der Waals surface area contributed by atoms with Crippen LogP contribution in [0, 0.1) is 0 Å². The number of rotatable bonds is 6. The Bertz CT molecular complexity index is 869. The van der Waals surface area contributed by atoms with Crippen molar-refractivity contribution in [2.24, 2.45) is 5.73 Å². The summed E-state index contributed by atoms with van der Waals surface area (Å²) < 4.78 is 0. The molecule has 4 rings (SSSR count). The zero-order valence-corrected chi connectivity index (χ0v) is 16.8. The number of benzene rings is 1. The zero-order valence-electron chi connectivity index (χ0n) is 16.8. The number of nitrogens with one attached hydrogen (secondary N) is 4. The van der Waals surface area contributed by atoms with Crippen molar-refractivity contribution in [3.8, 4) is 0 Å². The third-order valence-corrected chi connectivity index (χ3v) is 6.17. The molecule has 6 N–H and O–H groups in total. The normalized spacial score (nSPS) is 24.1. The largest absolute Gasteiger partial charge is 0.357 e. The number of fused-ring (bicyclic) bond motifs is 3. The number of nitrogens with two attached hydrogens (primary N) is 1. The minimum Gasteiger partial charge on any atom is -0.357 e. The van der Waals surface area contributed by atoms with Crippen LogP contribution in [0.2, 0.25) is 0 Å². The molecule has 7 nitrogen and oxygen atoms in total. The highest BCUT2D eigenvalue weighted by Gasteiger charge is 2.26. The summed E-state index contributed by atoms with van der Waals surface area (Å²) in [6.07, 6.45) is 5.65. The van der Waals surface area contributed by atoms with Crippen molar-refractivity contribution >= 4 is 22.7 Å². The first-order valence-corrected chi connectivity index (χ1v) is 10.7. The van der Waals surface area contributed by atoms with Crippen LogP contribution in [0.25, 0.3) is 10.9 Å². The quantitative estimate of drug-likeness (QED) is 0.475. The highest BCUT2D eigenvalue weighted by molar-refractivity contribution is 5.88. The van der Waals surface area contributed by atoms with Crippen LogP contribution < -0.4 is 21.7 Å². The standard InChI is InChI=1S/C22H31N5O2/c23-14-7-9-15(10-8-14)26-21(28)6-3-11-24-22(29)19-12-17-16-4-1-2-5-18(16)27-20(17)13-25-19/h1-2,4-5,14-15,19,25,27H,3,6-13,23H2,(H,24,29)(H,26,28). The first-order chi connectivity index (χ1) is 14.1. The lowest BCUT2D eigenvalue weighted by molar-refractivity contribution is -0.124.